The molecule has 4 heteroatoms. The van der Waals surface area contributed by atoms with E-state index in [-0.39, 0.29) is 17.5 Å². The Hall–Kier alpha value is -2.62. The van der Waals surface area contributed by atoms with Crippen LogP contribution in [0.25, 0.3) is 10.9 Å². The zero-order valence-corrected chi connectivity index (χ0v) is 15.4. The fraction of sp³-hybridized carbons (Fsp3) is 0.348. The number of carbonyl (C=O) groups excluding carboxylic acids is 1. The number of ether oxygens (including phenoxy) is 1. The molecule has 0 bridgehead atoms. The summed E-state index contributed by atoms with van der Waals surface area (Å²) in [6.45, 7) is 1.09. The van der Waals surface area contributed by atoms with Crippen LogP contribution in [-0.4, -0.2) is 17.0 Å². The zero-order valence-electron chi connectivity index (χ0n) is 15.4. The number of Topliss-reactive ketones (excluding diaryl/α,β-unsaturated/α-hetero) is 1. The van der Waals surface area contributed by atoms with Crippen LogP contribution in [-0.2, 0) is 6.54 Å². The second-order valence-electron chi connectivity index (χ2n) is 7.25. The molecule has 3 nitrogen and oxygen atoms in total. The van der Waals surface area contributed by atoms with Crippen molar-refractivity contribution in [1.82, 2.24) is 4.57 Å². The Balaban J connectivity index is 1.52. The van der Waals surface area contributed by atoms with E-state index >= 15 is 0 Å². The largest absolute Gasteiger partial charge is 0.492 e. The molecule has 0 atom stereocenters. The predicted molar refractivity (Wildman–Crippen MR) is 105 cm³/mol. The van der Waals surface area contributed by atoms with Gasteiger partial charge in [0.15, 0.2) is 5.78 Å². The Kier molecular flexibility index (Phi) is 5.23. The van der Waals surface area contributed by atoms with E-state index in [1.54, 1.807) is 12.1 Å². The van der Waals surface area contributed by atoms with Crippen molar-refractivity contribution in [2.45, 2.75) is 38.6 Å². The van der Waals surface area contributed by atoms with E-state index in [9.17, 15) is 9.18 Å². The van der Waals surface area contributed by atoms with Crippen molar-refractivity contribution in [3.63, 3.8) is 0 Å². The highest BCUT2D eigenvalue weighted by Gasteiger charge is 2.25. The summed E-state index contributed by atoms with van der Waals surface area (Å²) in [5.41, 5.74) is 1.89. The van der Waals surface area contributed by atoms with E-state index in [0.717, 1.165) is 42.1 Å². The maximum atomic E-state index is 13.1. The third-order valence-corrected chi connectivity index (χ3v) is 5.44. The highest BCUT2D eigenvalue weighted by atomic mass is 19.1. The summed E-state index contributed by atoms with van der Waals surface area (Å²) >= 11 is 0. The van der Waals surface area contributed by atoms with Crippen LogP contribution < -0.4 is 4.74 Å². The average Bonchev–Trinajstić information content (AvgIpc) is 3.08. The van der Waals surface area contributed by atoms with E-state index in [1.165, 1.54) is 18.6 Å². The van der Waals surface area contributed by atoms with Crippen molar-refractivity contribution < 1.29 is 13.9 Å². The number of fused-ring (bicyclic) bond motifs is 1. The van der Waals surface area contributed by atoms with Crippen molar-refractivity contribution in [3.8, 4) is 5.75 Å². The molecule has 0 saturated heterocycles. The summed E-state index contributed by atoms with van der Waals surface area (Å²) in [7, 11) is 0. The lowest BCUT2D eigenvalue weighted by atomic mass is 9.84. The number of rotatable bonds is 6. The van der Waals surface area contributed by atoms with E-state index in [1.807, 2.05) is 30.5 Å². The molecule has 0 radical (unpaired) electrons. The molecule has 2 aromatic carbocycles. The minimum Gasteiger partial charge on any atom is -0.492 e. The fourth-order valence-electron chi connectivity index (χ4n) is 4.01. The first-order valence-corrected chi connectivity index (χ1v) is 9.73. The molecule has 1 fully saturated rings. The molecular formula is C23H24FNO2. The second kappa shape index (κ2) is 7.95. The highest BCUT2D eigenvalue weighted by molar-refractivity contribution is 6.09. The van der Waals surface area contributed by atoms with Crippen molar-refractivity contribution in [1.29, 1.82) is 0 Å². The summed E-state index contributed by atoms with van der Waals surface area (Å²) in [5.74, 6) is 0.813. The van der Waals surface area contributed by atoms with Crippen LogP contribution >= 0.6 is 0 Å². The van der Waals surface area contributed by atoms with Crippen molar-refractivity contribution in [3.05, 3.63) is 66.1 Å². The summed E-state index contributed by atoms with van der Waals surface area (Å²) < 4.78 is 20.8. The molecule has 0 amide bonds. The summed E-state index contributed by atoms with van der Waals surface area (Å²) in [6.07, 6.45) is 7.54. The van der Waals surface area contributed by atoms with Gasteiger partial charge in [0, 0.05) is 28.6 Å². The first-order chi connectivity index (χ1) is 13.2. The fourth-order valence-corrected chi connectivity index (χ4v) is 4.01. The number of ketones is 1. The molecule has 0 N–H and O–H groups in total. The topological polar surface area (TPSA) is 31.2 Å². The summed E-state index contributed by atoms with van der Waals surface area (Å²) in [4.78, 5) is 13.1. The predicted octanol–water partition coefficient (Wildman–Crippen LogP) is 5.62. The van der Waals surface area contributed by atoms with Crippen LogP contribution in [0, 0.1) is 11.7 Å². The molecule has 1 aromatic heterocycles. The molecule has 1 saturated carbocycles. The maximum absolute atomic E-state index is 13.1. The van der Waals surface area contributed by atoms with Crippen LogP contribution in [0.1, 0.15) is 42.5 Å². The quantitative estimate of drug-likeness (QED) is 0.531. The molecule has 0 aliphatic heterocycles. The van der Waals surface area contributed by atoms with E-state index in [0.29, 0.717) is 18.9 Å². The number of para-hydroxylation sites is 1. The lowest BCUT2D eigenvalue weighted by molar-refractivity contribution is 0.0891. The molecule has 27 heavy (non-hydrogen) atoms. The van der Waals surface area contributed by atoms with Gasteiger partial charge in [-0.05, 0) is 43.2 Å². The molecular weight excluding hydrogens is 341 g/mol. The normalized spacial score (nSPS) is 15.1. The number of aromatic nitrogens is 1. The van der Waals surface area contributed by atoms with E-state index in [2.05, 4.69) is 4.57 Å². The number of hydrogen-bond donors (Lipinski definition) is 0. The Bertz CT molecular complexity index is 923. The Morgan fingerprint density at radius 2 is 1.78 bits per heavy atom. The molecule has 0 unspecified atom stereocenters. The first kappa shape index (κ1) is 17.8. The van der Waals surface area contributed by atoms with Gasteiger partial charge in [-0.15, -0.1) is 0 Å². The van der Waals surface area contributed by atoms with Crippen LogP contribution in [0.15, 0.2) is 54.7 Å². The number of nitrogens with zero attached hydrogens (tertiary/aromatic N) is 1. The van der Waals surface area contributed by atoms with Gasteiger partial charge < -0.3 is 9.30 Å². The Morgan fingerprint density at radius 1 is 1.04 bits per heavy atom. The van der Waals surface area contributed by atoms with Gasteiger partial charge in [0.05, 0.1) is 6.54 Å². The zero-order chi connectivity index (χ0) is 18.6. The smallest absolute Gasteiger partial charge is 0.168 e. The standard InChI is InChI=1S/C23H24FNO2/c24-18-10-12-19(13-11-18)27-15-14-25-16-21(20-8-4-5-9-22(20)25)23(26)17-6-2-1-3-7-17/h4-5,8-13,16-17H,1-3,6-7,14-15H2. The van der Waals surface area contributed by atoms with Gasteiger partial charge in [0.1, 0.15) is 18.2 Å². The first-order valence-electron chi connectivity index (χ1n) is 9.73. The Morgan fingerprint density at radius 3 is 2.56 bits per heavy atom. The van der Waals surface area contributed by atoms with Crippen molar-refractivity contribution in [2.75, 3.05) is 6.61 Å². The lowest BCUT2D eigenvalue weighted by Crippen LogP contribution is -2.17. The number of hydrogen-bond acceptors (Lipinski definition) is 2. The average molecular weight is 365 g/mol. The summed E-state index contributed by atoms with van der Waals surface area (Å²) in [6, 6.07) is 14.1. The van der Waals surface area contributed by atoms with Gasteiger partial charge in [-0.25, -0.2) is 4.39 Å². The molecule has 140 valence electrons. The van der Waals surface area contributed by atoms with Gasteiger partial charge >= 0.3 is 0 Å². The van der Waals surface area contributed by atoms with Gasteiger partial charge in [-0.2, -0.15) is 0 Å². The molecule has 4 rings (SSSR count). The Labute approximate surface area is 158 Å². The number of benzene rings is 2. The third kappa shape index (κ3) is 3.90. The monoisotopic (exact) mass is 365 g/mol. The van der Waals surface area contributed by atoms with Crippen LogP contribution in [0.2, 0.25) is 0 Å². The van der Waals surface area contributed by atoms with E-state index < -0.39 is 0 Å². The molecule has 0 spiro atoms. The van der Waals surface area contributed by atoms with Gasteiger partial charge in [0.25, 0.3) is 0 Å². The van der Waals surface area contributed by atoms with Gasteiger partial charge in [-0.3, -0.25) is 4.79 Å². The molecule has 1 aliphatic carbocycles. The second-order valence-corrected chi connectivity index (χ2v) is 7.25. The van der Waals surface area contributed by atoms with Crippen LogP contribution in [0.5, 0.6) is 5.75 Å². The van der Waals surface area contributed by atoms with Gasteiger partial charge in [-0.1, -0.05) is 37.5 Å². The highest BCUT2D eigenvalue weighted by Crippen LogP contribution is 2.30. The van der Waals surface area contributed by atoms with Gasteiger partial charge in [0.2, 0.25) is 0 Å². The van der Waals surface area contributed by atoms with Crippen LogP contribution in [0.4, 0.5) is 4.39 Å². The minimum absolute atomic E-state index is 0.161. The minimum atomic E-state index is -0.273. The third-order valence-electron chi connectivity index (χ3n) is 5.44. The van der Waals surface area contributed by atoms with E-state index in [4.69, 9.17) is 4.74 Å². The molecule has 1 heterocycles. The SMILES string of the molecule is O=C(c1cn(CCOc2ccc(F)cc2)c2ccccc12)C1CCCCC1. The maximum Gasteiger partial charge on any atom is 0.168 e. The van der Waals surface area contributed by atoms with Crippen molar-refractivity contribution in [2.24, 2.45) is 5.92 Å². The summed E-state index contributed by atoms with van der Waals surface area (Å²) in [5, 5.41) is 1.02. The lowest BCUT2D eigenvalue weighted by Gasteiger charge is -2.19. The van der Waals surface area contributed by atoms with Crippen molar-refractivity contribution >= 4 is 16.7 Å². The number of halogens is 1. The molecule has 3 aromatic rings. The van der Waals surface area contributed by atoms with Crippen LogP contribution in [0.3, 0.4) is 0 Å². The number of carbonyl (C=O) groups is 1. The molecule has 1 aliphatic rings.